The summed E-state index contributed by atoms with van der Waals surface area (Å²) >= 11 is 0.627. The molecule has 30 heavy (non-hydrogen) atoms. The molecule has 0 aliphatic rings. The third kappa shape index (κ3) is 6.92. The number of benzene rings is 2. The van der Waals surface area contributed by atoms with E-state index in [4.69, 9.17) is 4.74 Å². The Kier molecular flexibility index (Phi) is 7.58. The predicted octanol–water partition coefficient (Wildman–Crippen LogP) is 3.07. The first kappa shape index (κ1) is 22.9. The highest BCUT2D eigenvalue weighted by Gasteiger charge is 2.33. The van der Waals surface area contributed by atoms with Crippen LogP contribution in [0, 0.1) is 15.9 Å². The van der Waals surface area contributed by atoms with Crippen molar-refractivity contribution >= 4 is 29.3 Å². The molecule has 160 valence electrons. The Morgan fingerprint density at radius 3 is 2.30 bits per heavy atom. The fourth-order valence-corrected chi connectivity index (χ4v) is 2.80. The van der Waals surface area contributed by atoms with Crippen LogP contribution in [-0.4, -0.2) is 29.1 Å². The summed E-state index contributed by atoms with van der Waals surface area (Å²) in [5.74, 6) is -2.17. The number of nitrogens with zero attached hydrogens (tertiary/aromatic N) is 1. The molecule has 0 saturated carbocycles. The molecule has 0 fully saturated rings. The zero-order valence-corrected chi connectivity index (χ0v) is 15.7. The molecule has 13 heteroatoms. The number of carbonyl (C=O) groups is 2. The Morgan fingerprint density at radius 1 is 1.07 bits per heavy atom. The van der Waals surface area contributed by atoms with Crippen LogP contribution in [0.2, 0.25) is 0 Å². The van der Waals surface area contributed by atoms with Gasteiger partial charge in [0.25, 0.3) is 11.6 Å². The normalized spacial score (nSPS) is 10.9. The summed E-state index contributed by atoms with van der Waals surface area (Å²) in [4.78, 5) is 33.2. The van der Waals surface area contributed by atoms with Gasteiger partial charge in [0.15, 0.2) is 6.61 Å². The molecule has 0 spiro atoms. The smallest absolute Gasteiger partial charge is 0.416 e. The third-order valence-corrected chi connectivity index (χ3v) is 4.43. The highest BCUT2D eigenvalue weighted by Crippen LogP contribution is 2.36. The molecule has 0 saturated heterocycles. The summed E-state index contributed by atoms with van der Waals surface area (Å²) in [6.45, 7) is -0.483. The maximum Gasteiger partial charge on any atom is 0.416 e. The van der Waals surface area contributed by atoms with Crippen molar-refractivity contribution in [3.05, 3.63) is 64.0 Å². The number of rotatable bonds is 7. The van der Waals surface area contributed by atoms with Crippen LogP contribution in [0.3, 0.4) is 0 Å². The quantitative estimate of drug-likeness (QED) is 0.292. The van der Waals surface area contributed by atoms with E-state index in [1.54, 1.807) is 0 Å². The summed E-state index contributed by atoms with van der Waals surface area (Å²) in [5, 5.41) is 11.0. The second-order valence-electron chi connectivity index (χ2n) is 5.56. The fraction of sp³-hybridized carbons (Fsp3) is 0.176. The first-order chi connectivity index (χ1) is 14.1. The number of alkyl halides is 3. The molecule has 2 rings (SSSR count). The number of nitro benzene ring substituents is 1. The lowest BCUT2D eigenvalue weighted by Gasteiger charge is -2.10. The maximum absolute atomic E-state index is 12.8. The molecule has 0 radical (unpaired) electrons. The number of halogens is 4. The zero-order valence-electron chi connectivity index (χ0n) is 14.9. The summed E-state index contributed by atoms with van der Waals surface area (Å²) in [6.07, 6.45) is -4.74. The minimum absolute atomic E-state index is 0.144. The lowest BCUT2D eigenvalue weighted by Crippen LogP contribution is -2.44. The number of carbonyl (C=O) groups excluding carboxylic acids is 2. The van der Waals surface area contributed by atoms with Crippen molar-refractivity contribution in [2.45, 2.75) is 11.1 Å². The third-order valence-electron chi connectivity index (χ3n) is 3.37. The van der Waals surface area contributed by atoms with Gasteiger partial charge in [-0.1, -0.05) is 0 Å². The molecule has 8 nitrogen and oxygen atoms in total. The Hall–Kier alpha value is -3.35. The van der Waals surface area contributed by atoms with E-state index in [0.29, 0.717) is 23.9 Å². The average Bonchev–Trinajstić information content (AvgIpc) is 2.69. The minimum Gasteiger partial charge on any atom is -0.484 e. The minimum atomic E-state index is -4.74. The zero-order chi connectivity index (χ0) is 22.3. The summed E-state index contributed by atoms with van der Waals surface area (Å²) < 4.78 is 55.9. The van der Waals surface area contributed by atoms with Crippen LogP contribution in [0.25, 0.3) is 0 Å². The molecule has 2 aromatic carbocycles. The van der Waals surface area contributed by atoms with E-state index in [9.17, 15) is 37.3 Å². The monoisotopic (exact) mass is 447 g/mol. The van der Waals surface area contributed by atoms with Gasteiger partial charge in [-0.3, -0.25) is 30.6 Å². The second kappa shape index (κ2) is 9.91. The highest BCUT2D eigenvalue weighted by atomic mass is 32.2. The largest absolute Gasteiger partial charge is 0.484 e. The Labute approximate surface area is 170 Å². The Bertz CT molecular complexity index is 938. The maximum atomic E-state index is 12.8. The molecule has 0 unspecified atom stereocenters. The first-order valence-electron chi connectivity index (χ1n) is 8.01. The van der Waals surface area contributed by atoms with Crippen molar-refractivity contribution in [2.24, 2.45) is 0 Å². The van der Waals surface area contributed by atoms with Crippen LogP contribution in [0.15, 0.2) is 47.4 Å². The lowest BCUT2D eigenvalue weighted by molar-refractivity contribution is -0.388. The molecule has 0 aliphatic carbocycles. The lowest BCUT2D eigenvalue weighted by atomic mass is 10.2. The van der Waals surface area contributed by atoms with Crippen LogP contribution >= 0.6 is 11.8 Å². The fourth-order valence-electron chi connectivity index (χ4n) is 1.99. The number of hydrogen-bond donors (Lipinski definition) is 2. The van der Waals surface area contributed by atoms with Gasteiger partial charge < -0.3 is 4.74 Å². The summed E-state index contributed by atoms with van der Waals surface area (Å²) in [5.41, 5.74) is 2.09. The van der Waals surface area contributed by atoms with E-state index >= 15 is 0 Å². The van der Waals surface area contributed by atoms with Crippen molar-refractivity contribution in [3.8, 4) is 5.75 Å². The van der Waals surface area contributed by atoms with Crippen molar-refractivity contribution in [1.29, 1.82) is 0 Å². The van der Waals surface area contributed by atoms with Crippen LogP contribution in [0.1, 0.15) is 5.56 Å². The Morgan fingerprint density at radius 2 is 1.70 bits per heavy atom. The van der Waals surface area contributed by atoms with E-state index in [1.165, 1.54) is 12.1 Å². The number of thioether (sulfide) groups is 1. The SMILES string of the molecule is O=C(COc1ccc(F)cc1)NNC(=O)CSc1ccc(C(F)(F)F)cc1[N+](=O)[O-]. The van der Waals surface area contributed by atoms with Crippen molar-refractivity contribution < 1.29 is 36.8 Å². The molecular weight excluding hydrogens is 434 g/mol. The van der Waals surface area contributed by atoms with Crippen molar-refractivity contribution in [1.82, 2.24) is 10.9 Å². The van der Waals surface area contributed by atoms with E-state index in [-0.39, 0.29) is 10.6 Å². The van der Waals surface area contributed by atoms with Gasteiger partial charge in [0.05, 0.1) is 21.1 Å². The first-order valence-corrected chi connectivity index (χ1v) is 8.99. The molecule has 2 amide bonds. The number of hydrazine groups is 1. The van der Waals surface area contributed by atoms with Crippen LogP contribution in [-0.2, 0) is 15.8 Å². The average molecular weight is 447 g/mol. The van der Waals surface area contributed by atoms with Crippen LogP contribution < -0.4 is 15.6 Å². The van der Waals surface area contributed by atoms with Gasteiger partial charge in [0.2, 0.25) is 5.91 Å². The van der Waals surface area contributed by atoms with E-state index in [2.05, 4.69) is 0 Å². The molecule has 0 bridgehead atoms. The predicted molar refractivity (Wildman–Crippen MR) is 97.0 cm³/mol. The van der Waals surface area contributed by atoms with Crippen LogP contribution in [0.5, 0.6) is 5.75 Å². The number of hydrogen-bond acceptors (Lipinski definition) is 6. The van der Waals surface area contributed by atoms with Crippen LogP contribution in [0.4, 0.5) is 23.2 Å². The van der Waals surface area contributed by atoms with E-state index in [0.717, 1.165) is 18.2 Å². The summed E-state index contributed by atoms with van der Waals surface area (Å²) in [6, 6.07) is 6.81. The number of nitrogens with one attached hydrogen (secondary N) is 2. The van der Waals surface area contributed by atoms with Gasteiger partial charge in [-0.2, -0.15) is 13.2 Å². The number of amides is 2. The van der Waals surface area contributed by atoms with Gasteiger partial charge in [-0.25, -0.2) is 4.39 Å². The van der Waals surface area contributed by atoms with E-state index < -0.39 is 52.3 Å². The standard InChI is InChI=1S/C17H13F4N3O5S/c18-11-2-4-12(5-3-11)29-8-15(25)22-23-16(26)9-30-14-6-1-10(17(19,20)21)7-13(14)24(27)28/h1-7H,8-9H2,(H,22,25)(H,23,26). The van der Waals surface area contributed by atoms with Gasteiger partial charge >= 0.3 is 6.18 Å². The molecule has 0 heterocycles. The highest BCUT2D eigenvalue weighted by molar-refractivity contribution is 8.00. The van der Waals surface area contributed by atoms with Crippen molar-refractivity contribution in [3.63, 3.8) is 0 Å². The van der Waals surface area contributed by atoms with Gasteiger partial charge in [0, 0.05) is 6.07 Å². The topological polar surface area (TPSA) is 111 Å². The molecule has 0 aliphatic heterocycles. The number of nitro groups is 1. The molecule has 2 aromatic rings. The van der Waals surface area contributed by atoms with Gasteiger partial charge in [0.1, 0.15) is 11.6 Å². The molecule has 2 N–H and O–H groups in total. The van der Waals surface area contributed by atoms with Gasteiger partial charge in [-0.15, -0.1) is 11.8 Å². The van der Waals surface area contributed by atoms with Gasteiger partial charge in [-0.05, 0) is 36.4 Å². The second-order valence-corrected chi connectivity index (χ2v) is 6.58. The van der Waals surface area contributed by atoms with Crippen molar-refractivity contribution in [2.75, 3.05) is 12.4 Å². The Balaban J connectivity index is 1.83. The van der Waals surface area contributed by atoms with E-state index in [1.807, 2.05) is 10.9 Å². The molecule has 0 atom stereocenters. The molecule has 0 aromatic heterocycles. The summed E-state index contributed by atoms with van der Waals surface area (Å²) in [7, 11) is 0. The number of ether oxygens (including phenoxy) is 1. The molecular formula is C17H13F4N3O5S.